The lowest BCUT2D eigenvalue weighted by molar-refractivity contribution is -0.217. The first-order valence-corrected chi connectivity index (χ1v) is 4.99. The largest absolute Gasteiger partial charge is 0.464 e. The van der Waals surface area contributed by atoms with Crippen LogP contribution in [0.15, 0.2) is 0 Å². The normalized spacial score (nSPS) is 36.8. The van der Waals surface area contributed by atoms with Gasteiger partial charge in [0.25, 0.3) is 0 Å². The molecule has 0 bridgehead atoms. The molecule has 7 nitrogen and oxygen atoms in total. The van der Waals surface area contributed by atoms with Crippen LogP contribution in [0.1, 0.15) is 6.92 Å². The number of esters is 1. The summed E-state index contributed by atoms with van der Waals surface area (Å²) in [5, 5.41) is 37.5. The van der Waals surface area contributed by atoms with Gasteiger partial charge in [-0.15, -0.1) is 0 Å². The van der Waals surface area contributed by atoms with Gasteiger partial charge >= 0.3 is 5.97 Å². The van der Waals surface area contributed by atoms with Crippen LogP contribution in [0.5, 0.6) is 0 Å². The zero-order chi connectivity index (χ0) is 12.3. The lowest BCUT2D eigenvalue weighted by Crippen LogP contribution is -2.58. The number of aliphatic hydroxyl groups excluding tert-OH is 4. The molecule has 0 aromatic carbocycles. The highest BCUT2D eigenvalue weighted by Gasteiger charge is 2.43. The van der Waals surface area contributed by atoms with E-state index in [2.05, 4.69) is 4.74 Å². The van der Waals surface area contributed by atoms with E-state index in [0.29, 0.717) is 0 Å². The molecule has 0 amide bonds. The van der Waals surface area contributed by atoms with E-state index in [1.807, 2.05) is 0 Å². The van der Waals surface area contributed by atoms with E-state index < -0.39 is 36.5 Å². The van der Waals surface area contributed by atoms with Gasteiger partial charge in [0.15, 0.2) is 6.10 Å². The molecular weight excluding hydrogens is 220 g/mol. The smallest absolute Gasteiger partial charge is 0.337 e. The molecule has 0 aliphatic carbocycles. The highest BCUT2D eigenvalue weighted by Crippen LogP contribution is 2.18. The molecule has 1 aliphatic rings. The number of carbonyl (C=O) groups is 1. The second-order valence-corrected chi connectivity index (χ2v) is 3.54. The second kappa shape index (κ2) is 5.55. The summed E-state index contributed by atoms with van der Waals surface area (Å²) >= 11 is 0. The van der Waals surface area contributed by atoms with Crippen LogP contribution in [0.25, 0.3) is 0 Å². The van der Waals surface area contributed by atoms with E-state index in [1.165, 1.54) is 0 Å². The monoisotopic (exact) mass is 236 g/mol. The van der Waals surface area contributed by atoms with Gasteiger partial charge < -0.3 is 29.9 Å². The Labute approximate surface area is 92.2 Å². The minimum absolute atomic E-state index is 0.0872. The van der Waals surface area contributed by atoms with Gasteiger partial charge in [0.2, 0.25) is 0 Å². The summed E-state index contributed by atoms with van der Waals surface area (Å²) in [6, 6.07) is 0. The Bertz CT molecular complexity index is 244. The molecule has 1 aliphatic heterocycles. The van der Waals surface area contributed by atoms with Gasteiger partial charge in [-0.2, -0.15) is 0 Å². The standard InChI is InChI=1S/C9H16O7/c1-2-15-9(14)7(13)8-6(12)5(11)4(10)3-16-8/h4-8,10-13H,2-3H2,1H3/t4-,5+,6-,7?,8-/m0/s1. The number of ether oxygens (including phenoxy) is 2. The first-order valence-electron chi connectivity index (χ1n) is 4.99. The Balaban J connectivity index is 2.62. The molecule has 0 spiro atoms. The molecule has 94 valence electrons. The highest BCUT2D eigenvalue weighted by atomic mass is 16.6. The Morgan fingerprint density at radius 2 is 2.06 bits per heavy atom. The van der Waals surface area contributed by atoms with Crippen molar-refractivity contribution in [2.75, 3.05) is 13.2 Å². The number of rotatable bonds is 3. The van der Waals surface area contributed by atoms with E-state index >= 15 is 0 Å². The zero-order valence-corrected chi connectivity index (χ0v) is 8.81. The van der Waals surface area contributed by atoms with Gasteiger partial charge in [0.05, 0.1) is 13.2 Å². The summed E-state index contributed by atoms with van der Waals surface area (Å²) in [6.07, 6.45) is -7.21. The highest BCUT2D eigenvalue weighted by molar-refractivity contribution is 5.75. The van der Waals surface area contributed by atoms with E-state index in [4.69, 9.17) is 9.84 Å². The summed E-state index contributed by atoms with van der Waals surface area (Å²) in [4.78, 5) is 11.2. The molecule has 5 atom stereocenters. The van der Waals surface area contributed by atoms with Gasteiger partial charge in [0, 0.05) is 0 Å². The van der Waals surface area contributed by atoms with E-state index in [1.54, 1.807) is 6.92 Å². The maximum absolute atomic E-state index is 11.2. The average molecular weight is 236 g/mol. The Kier molecular flexibility index (Phi) is 4.63. The van der Waals surface area contributed by atoms with Crippen molar-refractivity contribution < 1.29 is 34.7 Å². The Morgan fingerprint density at radius 1 is 1.44 bits per heavy atom. The molecule has 0 aromatic rings. The number of aliphatic hydroxyl groups is 4. The fourth-order valence-corrected chi connectivity index (χ4v) is 1.47. The minimum Gasteiger partial charge on any atom is -0.464 e. The van der Waals surface area contributed by atoms with E-state index in [-0.39, 0.29) is 13.2 Å². The molecule has 1 fully saturated rings. The van der Waals surface area contributed by atoms with Gasteiger partial charge in [0.1, 0.15) is 24.4 Å². The molecular formula is C9H16O7. The lowest BCUT2D eigenvalue weighted by atomic mass is 9.96. The predicted molar refractivity (Wildman–Crippen MR) is 50.4 cm³/mol. The number of carbonyl (C=O) groups excluding carboxylic acids is 1. The molecule has 1 heterocycles. The maximum atomic E-state index is 11.2. The third-order valence-corrected chi connectivity index (χ3v) is 2.38. The van der Waals surface area contributed by atoms with Gasteiger partial charge in [-0.05, 0) is 6.92 Å². The van der Waals surface area contributed by atoms with Crippen LogP contribution >= 0.6 is 0 Å². The summed E-state index contributed by atoms with van der Waals surface area (Å²) in [6.45, 7) is 1.39. The molecule has 7 heteroatoms. The summed E-state index contributed by atoms with van der Waals surface area (Å²) < 4.78 is 9.43. The van der Waals surface area contributed by atoms with Crippen molar-refractivity contribution in [1.82, 2.24) is 0 Å². The maximum Gasteiger partial charge on any atom is 0.337 e. The second-order valence-electron chi connectivity index (χ2n) is 3.54. The van der Waals surface area contributed by atoms with Crippen LogP contribution in [-0.4, -0.2) is 70.1 Å². The summed E-state index contributed by atoms with van der Waals surface area (Å²) in [7, 11) is 0. The molecule has 1 saturated heterocycles. The third-order valence-electron chi connectivity index (χ3n) is 2.38. The predicted octanol–water partition coefficient (Wildman–Crippen LogP) is -2.61. The molecule has 4 N–H and O–H groups in total. The van der Waals surface area contributed by atoms with Crippen LogP contribution in [0, 0.1) is 0 Å². The first-order chi connectivity index (χ1) is 7.49. The molecule has 16 heavy (non-hydrogen) atoms. The van der Waals surface area contributed by atoms with Crippen molar-refractivity contribution in [2.45, 2.75) is 37.4 Å². The zero-order valence-electron chi connectivity index (χ0n) is 8.81. The number of hydrogen-bond acceptors (Lipinski definition) is 7. The van der Waals surface area contributed by atoms with Gasteiger partial charge in [-0.1, -0.05) is 0 Å². The lowest BCUT2D eigenvalue weighted by Gasteiger charge is -2.36. The van der Waals surface area contributed by atoms with Gasteiger partial charge in [-0.3, -0.25) is 0 Å². The first kappa shape index (κ1) is 13.3. The summed E-state index contributed by atoms with van der Waals surface area (Å²) in [5.41, 5.74) is 0. The Morgan fingerprint density at radius 3 is 2.62 bits per heavy atom. The van der Waals surface area contributed by atoms with Crippen LogP contribution < -0.4 is 0 Å². The quantitative estimate of drug-likeness (QED) is 0.397. The van der Waals surface area contributed by atoms with Crippen LogP contribution in [0.3, 0.4) is 0 Å². The molecule has 0 saturated carbocycles. The van der Waals surface area contributed by atoms with Crippen molar-refractivity contribution in [3.05, 3.63) is 0 Å². The SMILES string of the molecule is CCOC(=O)C(O)[C@H]1OC[C@H](O)[C@@H](O)[C@@H]1O. The molecule has 0 radical (unpaired) electrons. The van der Waals surface area contributed by atoms with E-state index in [0.717, 1.165) is 0 Å². The fraction of sp³-hybridized carbons (Fsp3) is 0.889. The van der Waals surface area contributed by atoms with Crippen LogP contribution in [0.2, 0.25) is 0 Å². The molecule has 1 rings (SSSR count). The van der Waals surface area contributed by atoms with Crippen molar-refractivity contribution in [2.24, 2.45) is 0 Å². The van der Waals surface area contributed by atoms with Crippen molar-refractivity contribution in [1.29, 1.82) is 0 Å². The van der Waals surface area contributed by atoms with Crippen molar-refractivity contribution in [3.8, 4) is 0 Å². The molecule has 0 aromatic heterocycles. The van der Waals surface area contributed by atoms with Crippen LogP contribution in [0.4, 0.5) is 0 Å². The number of hydrogen-bond donors (Lipinski definition) is 4. The van der Waals surface area contributed by atoms with E-state index in [9.17, 15) is 20.1 Å². The summed E-state index contributed by atoms with van der Waals surface area (Å²) in [5.74, 6) is -0.935. The minimum atomic E-state index is -1.68. The topological polar surface area (TPSA) is 116 Å². The third kappa shape index (κ3) is 2.69. The van der Waals surface area contributed by atoms with Crippen molar-refractivity contribution in [3.63, 3.8) is 0 Å². The van der Waals surface area contributed by atoms with Crippen LogP contribution in [-0.2, 0) is 14.3 Å². The fourth-order valence-electron chi connectivity index (χ4n) is 1.47. The van der Waals surface area contributed by atoms with Gasteiger partial charge in [-0.25, -0.2) is 4.79 Å². The molecule has 1 unspecified atom stereocenters. The van der Waals surface area contributed by atoms with Crippen molar-refractivity contribution >= 4 is 5.97 Å². The Hall–Kier alpha value is -0.730. The average Bonchev–Trinajstić information content (AvgIpc) is 2.26.